The van der Waals surface area contributed by atoms with E-state index in [2.05, 4.69) is 9.97 Å². The summed E-state index contributed by atoms with van der Waals surface area (Å²) in [6.07, 6.45) is 3.75. The predicted octanol–water partition coefficient (Wildman–Crippen LogP) is 2.49. The van der Waals surface area contributed by atoms with Gasteiger partial charge in [-0.25, -0.2) is 13.4 Å². The van der Waals surface area contributed by atoms with Gasteiger partial charge in [-0.3, -0.25) is 4.79 Å². The standard InChI is InChI=1S/C20H22N4O3S/c1-2-16-14-23(20(25)15-7-4-3-5-8-15)11-12-24(16)28(26,27)18-13-22-19-17(18)9-6-10-21-19/h3-10,13,16H,2,11-12,14H2,1H3,(H,21,22)/t16-/m0/s1. The number of amides is 1. The van der Waals surface area contributed by atoms with E-state index in [4.69, 9.17) is 0 Å². The molecule has 4 rings (SSSR count). The topological polar surface area (TPSA) is 86.4 Å². The zero-order valence-electron chi connectivity index (χ0n) is 15.6. The van der Waals surface area contributed by atoms with Gasteiger partial charge in [-0.1, -0.05) is 25.1 Å². The fourth-order valence-corrected chi connectivity index (χ4v) is 5.54. The van der Waals surface area contributed by atoms with Crippen molar-refractivity contribution in [3.63, 3.8) is 0 Å². The summed E-state index contributed by atoms with van der Waals surface area (Å²) in [7, 11) is -3.70. The van der Waals surface area contributed by atoms with E-state index in [1.807, 2.05) is 25.1 Å². The lowest BCUT2D eigenvalue weighted by molar-refractivity contribution is 0.0624. The van der Waals surface area contributed by atoms with Crippen LogP contribution in [0.15, 0.2) is 59.8 Å². The normalized spacial score (nSPS) is 18.5. The highest BCUT2D eigenvalue weighted by molar-refractivity contribution is 7.89. The Morgan fingerprint density at radius 1 is 1.18 bits per heavy atom. The van der Waals surface area contributed by atoms with Crippen LogP contribution in [0.25, 0.3) is 11.0 Å². The van der Waals surface area contributed by atoms with Crippen LogP contribution in [0.1, 0.15) is 23.7 Å². The number of aromatic amines is 1. The number of hydrogen-bond acceptors (Lipinski definition) is 4. The molecule has 0 spiro atoms. The van der Waals surface area contributed by atoms with Crippen LogP contribution in [0, 0.1) is 0 Å². The highest BCUT2D eigenvalue weighted by Crippen LogP contribution is 2.28. The van der Waals surface area contributed by atoms with Gasteiger partial charge in [-0.05, 0) is 30.7 Å². The largest absolute Gasteiger partial charge is 0.345 e. The summed E-state index contributed by atoms with van der Waals surface area (Å²) in [5, 5.41) is 0.583. The Balaban J connectivity index is 1.60. The molecule has 146 valence electrons. The molecule has 0 aliphatic carbocycles. The molecule has 1 atom stereocenters. The molecule has 1 amide bonds. The molecule has 7 nitrogen and oxygen atoms in total. The Morgan fingerprint density at radius 2 is 1.96 bits per heavy atom. The third-order valence-electron chi connectivity index (χ3n) is 5.21. The quantitative estimate of drug-likeness (QED) is 0.732. The highest BCUT2D eigenvalue weighted by atomic mass is 32.2. The van der Waals surface area contributed by atoms with Crippen molar-refractivity contribution in [3.05, 3.63) is 60.4 Å². The molecule has 1 aliphatic rings. The lowest BCUT2D eigenvalue weighted by Gasteiger charge is -2.40. The maximum Gasteiger partial charge on any atom is 0.253 e. The summed E-state index contributed by atoms with van der Waals surface area (Å²) in [6.45, 7) is 2.96. The lowest BCUT2D eigenvalue weighted by atomic mass is 10.1. The molecule has 0 unspecified atom stereocenters. The number of carbonyl (C=O) groups is 1. The molecule has 1 N–H and O–H groups in total. The molecule has 3 heterocycles. The minimum absolute atomic E-state index is 0.0626. The molecule has 1 saturated heterocycles. The Bertz CT molecular complexity index is 1090. The van der Waals surface area contributed by atoms with Crippen molar-refractivity contribution in [2.24, 2.45) is 0 Å². The summed E-state index contributed by atoms with van der Waals surface area (Å²) in [5.74, 6) is -0.0626. The summed E-state index contributed by atoms with van der Waals surface area (Å²) < 4.78 is 28.2. The van der Waals surface area contributed by atoms with Gasteiger partial charge in [-0.15, -0.1) is 0 Å². The molecule has 3 aromatic rings. The first-order chi connectivity index (χ1) is 13.5. The first kappa shape index (κ1) is 18.6. The Kier molecular flexibility index (Phi) is 4.91. The number of sulfonamides is 1. The second-order valence-corrected chi connectivity index (χ2v) is 8.71. The fourth-order valence-electron chi connectivity index (χ4n) is 3.71. The van der Waals surface area contributed by atoms with Crippen LogP contribution in [0.4, 0.5) is 0 Å². The van der Waals surface area contributed by atoms with E-state index in [1.54, 1.807) is 35.4 Å². The molecule has 0 bridgehead atoms. The van der Waals surface area contributed by atoms with Crippen molar-refractivity contribution in [2.45, 2.75) is 24.3 Å². The van der Waals surface area contributed by atoms with E-state index in [0.29, 0.717) is 36.1 Å². The molecule has 1 aromatic carbocycles. The number of hydrogen-bond donors (Lipinski definition) is 1. The van der Waals surface area contributed by atoms with Crippen molar-refractivity contribution < 1.29 is 13.2 Å². The molecule has 0 saturated carbocycles. The maximum absolute atomic E-state index is 13.4. The second kappa shape index (κ2) is 7.37. The first-order valence-electron chi connectivity index (χ1n) is 9.30. The van der Waals surface area contributed by atoms with E-state index in [9.17, 15) is 13.2 Å². The monoisotopic (exact) mass is 398 g/mol. The summed E-state index contributed by atoms with van der Waals surface area (Å²) in [5.41, 5.74) is 1.17. The van der Waals surface area contributed by atoms with Gasteiger partial charge >= 0.3 is 0 Å². The number of benzene rings is 1. The van der Waals surface area contributed by atoms with Gasteiger partial charge in [0.2, 0.25) is 10.0 Å². The molecule has 2 aromatic heterocycles. The van der Waals surface area contributed by atoms with Gasteiger partial charge < -0.3 is 9.88 Å². The van der Waals surface area contributed by atoms with Crippen LogP contribution in [0.3, 0.4) is 0 Å². The SMILES string of the molecule is CC[C@H]1CN(C(=O)c2ccccc2)CCN1S(=O)(=O)c1c[nH]c2ncccc12. The van der Waals surface area contributed by atoms with Crippen molar-refractivity contribution in [2.75, 3.05) is 19.6 Å². The van der Waals surface area contributed by atoms with E-state index in [-0.39, 0.29) is 23.4 Å². The zero-order chi connectivity index (χ0) is 19.7. The number of rotatable bonds is 4. The number of aromatic nitrogens is 2. The molecular formula is C20H22N4O3S. The number of piperazine rings is 1. The average molecular weight is 398 g/mol. The van der Waals surface area contributed by atoms with Gasteiger partial charge in [0.15, 0.2) is 0 Å². The van der Waals surface area contributed by atoms with Gasteiger partial charge in [0, 0.05) is 49.0 Å². The number of H-pyrrole nitrogens is 1. The molecule has 28 heavy (non-hydrogen) atoms. The number of nitrogens with zero attached hydrogens (tertiary/aromatic N) is 3. The molecular weight excluding hydrogens is 376 g/mol. The van der Waals surface area contributed by atoms with Gasteiger partial charge in [0.1, 0.15) is 10.5 Å². The van der Waals surface area contributed by atoms with Gasteiger partial charge in [-0.2, -0.15) is 4.31 Å². The highest BCUT2D eigenvalue weighted by Gasteiger charge is 2.37. The second-order valence-electron chi connectivity index (χ2n) is 6.85. The van der Waals surface area contributed by atoms with Gasteiger partial charge in [0.05, 0.1) is 0 Å². The number of fused-ring (bicyclic) bond motifs is 1. The van der Waals surface area contributed by atoms with Gasteiger partial charge in [0.25, 0.3) is 5.91 Å². The number of carbonyl (C=O) groups excluding carboxylic acids is 1. The summed E-state index contributed by atoms with van der Waals surface area (Å²) in [6, 6.07) is 12.3. The summed E-state index contributed by atoms with van der Waals surface area (Å²) in [4.78, 5) is 21.9. The maximum atomic E-state index is 13.4. The van der Waals surface area contributed by atoms with Crippen molar-refractivity contribution >= 4 is 27.0 Å². The lowest BCUT2D eigenvalue weighted by Crippen LogP contribution is -2.56. The number of pyridine rings is 1. The molecule has 0 radical (unpaired) electrons. The van der Waals surface area contributed by atoms with Crippen molar-refractivity contribution in [3.8, 4) is 0 Å². The third kappa shape index (κ3) is 3.18. The smallest absolute Gasteiger partial charge is 0.253 e. The van der Waals surface area contributed by atoms with Crippen LogP contribution in [-0.2, 0) is 10.0 Å². The van der Waals surface area contributed by atoms with Crippen LogP contribution < -0.4 is 0 Å². The van der Waals surface area contributed by atoms with E-state index < -0.39 is 10.0 Å². The van der Waals surface area contributed by atoms with Crippen LogP contribution >= 0.6 is 0 Å². The zero-order valence-corrected chi connectivity index (χ0v) is 16.4. The predicted molar refractivity (Wildman–Crippen MR) is 106 cm³/mol. The van der Waals surface area contributed by atoms with E-state index in [0.717, 1.165) is 0 Å². The minimum atomic E-state index is -3.70. The fraction of sp³-hybridized carbons (Fsp3) is 0.300. The average Bonchev–Trinajstić information content (AvgIpc) is 3.18. The van der Waals surface area contributed by atoms with Crippen LogP contribution in [-0.4, -0.2) is 59.2 Å². The molecule has 1 fully saturated rings. The van der Waals surface area contributed by atoms with Crippen molar-refractivity contribution in [1.29, 1.82) is 0 Å². The molecule has 8 heteroatoms. The van der Waals surface area contributed by atoms with Crippen LogP contribution in [0.5, 0.6) is 0 Å². The van der Waals surface area contributed by atoms with Crippen molar-refractivity contribution in [1.82, 2.24) is 19.2 Å². The van der Waals surface area contributed by atoms with E-state index >= 15 is 0 Å². The van der Waals surface area contributed by atoms with E-state index in [1.165, 1.54) is 10.5 Å². The van der Waals surface area contributed by atoms with Crippen LogP contribution in [0.2, 0.25) is 0 Å². The Hall–Kier alpha value is -2.71. The Labute approximate surface area is 164 Å². The summed E-state index contributed by atoms with van der Waals surface area (Å²) >= 11 is 0. The third-order valence-corrected chi connectivity index (χ3v) is 7.20. The Morgan fingerprint density at radius 3 is 2.71 bits per heavy atom. The first-order valence-corrected chi connectivity index (χ1v) is 10.7. The molecule has 1 aliphatic heterocycles. The number of nitrogens with one attached hydrogen (secondary N) is 1. The minimum Gasteiger partial charge on any atom is -0.345 e.